The highest BCUT2D eigenvalue weighted by molar-refractivity contribution is 6.30. The average molecular weight is 462 g/mol. The van der Waals surface area contributed by atoms with E-state index in [4.69, 9.17) is 25.6 Å². The van der Waals surface area contributed by atoms with E-state index in [9.17, 15) is 0 Å². The van der Waals surface area contributed by atoms with E-state index in [0.29, 0.717) is 11.6 Å². The van der Waals surface area contributed by atoms with Gasteiger partial charge in [0.1, 0.15) is 5.69 Å². The Balaban J connectivity index is 1.33. The number of rotatable bonds is 8. The molecule has 2 aliphatic heterocycles. The van der Waals surface area contributed by atoms with Crippen LogP contribution in [0.1, 0.15) is 12.0 Å². The van der Waals surface area contributed by atoms with Gasteiger partial charge in [-0.2, -0.15) is 0 Å². The van der Waals surface area contributed by atoms with Gasteiger partial charge in [-0.3, -0.25) is 0 Å². The Morgan fingerprint density at radius 3 is 2.52 bits per heavy atom. The SMILES string of the molecule is Clc1ccc(-c2cc(N(CCCN3C=CC=CC=C3)Cc3ccc4c(c3)OCO4)on2)cc1. The van der Waals surface area contributed by atoms with Crippen LogP contribution in [0.5, 0.6) is 11.5 Å². The molecule has 3 heterocycles. The summed E-state index contributed by atoms with van der Waals surface area (Å²) in [6.45, 7) is 2.62. The fourth-order valence-electron chi connectivity index (χ4n) is 3.79. The second kappa shape index (κ2) is 9.88. The highest BCUT2D eigenvalue weighted by Gasteiger charge is 2.18. The molecule has 0 bridgehead atoms. The zero-order valence-corrected chi connectivity index (χ0v) is 18.8. The second-order valence-corrected chi connectivity index (χ2v) is 8.26. The van der Waals surface area contributed by atoms with Crippen LogP contribution >= 0.6 is 11.6 Å². The summed E-state index contributed by atoms with van der Waals surface area (Å²) in [6, 6.07) is 15.6. The molecular formula is C26H24ClN3O3. The topological polar surface area (TPSA) is 51.0 Å². The van der Waals surface area contributed by atoms with E-state index in [-0.39, 0.29) is 6.79 Å². The molecule has 0 atom stereocenters. The first-order valence-electron chi connectivity index (χ1n) is 10.9. The highest BCUT2D eigenvalue weighted by Crippen LogP contribution is 2.33. The molecule has 1 aromatic heterocycles. The Hall–Kier alpha value is -3.64. The lowest BCUT2D eigenvalue weighted by molar-refractivity contribution is 0.174. The van der Waals surface area contributed by atoms with E-state index in [0.717, 1.165) is 53.7 Å². The Morgan fingerprint density at radius 1 is 0.909 bits per heavy atom. The van der Waals surface area contributed by atoms with Gasteiger partial charge in [0.15, 0.2) is 11.5 Å². The van der Waals surface area contributed by atoms with Gasteiger partial charge in [0.25, 0.3) is 0 Å². The molecule has 0 saturated carbocycles. The summed E-state index contributed by atoms with van der Waals surface area (Å²) < 4.78 is 16.8. The van der Waals surface area contributed by atoms with Gasteiger partial charge in [-0.15, -0.1) is 0 Å². The molecule has 2 aromatic carbocycles. The number of hydrogen-bond donors (Lipinski definition) is 0. The van der Waals surface area contributed by atoms with Crippen molar-refractivity contribution >= 4 is 17.5 Å². The summed E-state index contributed by atoms with van der Waals surface area (Å²) in [5, 5.41) is 4.99. The first-order chi connectivity index (χ1) is 16.2. The average Bonchev–Trinajstić information content (AvgIpc) is 3.43. The number of benzene rings is 2. The fourth-order valence-corrected chi connectivity index (χ4v) is 3.92. The van der Waals surface area contributed by atoms with E-state index in [1.807, 2.05) is 66.8 Å². The van der Waals surface area contributed by atoms with Gasteiger partial charge in [-0.05, 0) is 48.4 Å². The van der Waals surface area contributed by atoms with Gasteiger partial charge in [0.05, 0.1) is 0 Å². The van der Waals surface area contributed by atoms with Crippen molar-refractivity contribution in [3.05, 3.63) is 95.8 Å². The van der Waals surface area contributed by atoms with Gasteiger partial charge in [0.2, 0.25) is 12.7 Å². The molecule has 3 aromatic rings. The van der Waals surface area contributed by atoms with Crippen LogP contribution in [0, 0.1) is 0 Å². The van der Waals surface area contributed by atoms with Gasteiger partial charge < -0.3 is 23.8 Å². The molecule has 0 spiro atoms. The maximum Gasteiger partial charge on any atom is 0.231 e. The number of ether oxygens (including phenoxy) is 2. The summed E-state index contributed by atoms with van der Waals surface area (Å²) in [5.41, 5.74) is 2.86. The van der Waals surface area contributed by atoms with Crippen LogP contribution < -0.4 is 14.4 Å². The van der Waals surface area contributed by atoms with Crippen LogP contribution in [0.2, 0.25) is 5.02 Å². The van der Waals surface area contributed by atoms with E-state index < -0.39 is 0 Å². The Labute approximate surface area is 197 Å². The maximum atomic E-state index is 6.03. The summed E-state index contributed by atoms with van der Waals surface area (Å²) in [7, 11) is 0. The molecule has 0 amide bonds. The zero-order valence-electron chi connectivity index (χ0n) is 18.1. The molecule has 0 N–H and O–H groups in total. The molecule has 0 aliphatic carbocycles. The number of nitrogens with zero attached hydrogens (tertiary/aromatic N) is 3. The van der Waals surface area contributed by atoms with E-state index in [1.165, 1.54) is 0 Å². The summed E-state index contributed by atoms with van der Waals surface area (Å²) in [5.74, 6) is 2.28. The normalized spacial score (nSPS) is 14.0. The number of halogens is 1. The summed E-state index contributed by atoms with van der Waals surface area (Å²) >= 11 is 6.03. The molecule has 168 valence electrons. The molecule has 0 saturated heterocycles. The molecule has 0 unspecified atom stereocenters. The van der Waals surface area contributed by atoms with Crippen LogP contribution in [-0.2, 0) is 6.54 Å². The molecule has 5 rings (SSSR count). The minimum atomic E-state index is 0.265. The largest absolute Gasteiger partial charge is 0.454 e. The lowest BCUT2D eigenvalue weighted by Crippen LogP contribution is -2.26. The van der Waals surface area contributed by atoms with E-state index in [1.54, 1.807) is 0 Å². The number of aromatic nitrogens is 1. The Morgan fingerprint density at radius 2 is 1.70 bits per heavy atom. The van der Waals surface area contributed by atoms with Gasteiger partial charge in [-0.1, -0.05) is 47.1 Å². The van der Waals surface area contributed by atoms with Crippen molar-refractivity contribution in [3.8, 4) is 22.8 Å². The van der Waals surface area contributed by atoms with Crippen molar-refractivity contribution in [1.82, 2.24) is 10.1 Å². The van der Waals surface area contributed by atoms with Crippen LogP contribution in [-0.4, -0.2) is 29.9 Å². The first kappa shape index (κ1) is 21.2. The molecule has 0 radical (unpaired) electrons. The zero-order chi connectivity index (χ0) is 22.5. The van der Waals surface area contributed by atoms with Crippen molar-refractivity contribution in [1.29, 1.82) is 0 Å². The predicted molar refractivity (Wildman–Crippen MR) is 129 cm³/mol. The fraction of sp³-hybridized carbons (Fsp3) is 0.192. The lowest BCUT2D eigenvalue weighted by atomic mass is 10.1. The summed E-state index contributed by atoms with van der Waals surface area (Å²) in [6.07, 6.45) is 13.2. The van der Waals surface area contributed by atoms with Crippen molar-refractivity contribution < 1.29 is 14.0 Å². The van der Waals surface area contributed by atoms with Crippen molar-refractivity contribution in [2.24, 2.45) is 0 Å². The Kier molecular flexibility index (Phi) is 6.35. The lowest BCUT2D eigenvalue weighted by Gasteiger charge is -2.23. The minimum Gasteiger partial charge on any atom is -0.454 e. The number of allylic oxidation sites excluding steroid dienone is 4. The third-order valence-corrected chi connectivity index (χ3v) is 5.74. The van der Waals surface area contributed by atoms with Crippen LogP contribution in [0.25, 0.3) is 11.3 Å². The molecule has 33 heavy (non-hydrogen) atoms. The maximum absolute atomic E-state index is 6.03. The smallest absolute Gasteiger partial charge is 0.231 e. The quantitative estimate of drug-likeness (QED) is 0.409. The number of fused-ring (bicyclic) bond motifs is 1. The molecule has 7 heteroatoms. The Bertz CT molecular complexity index is 1170. The van der Waals surface area contributed by atoms with Gasteiger partial charge in [0, 0.05) is 48.7 Å². The van der Waals surface area contributed by atoms with Gasteiger partial charge >= 0.3 is 0 Å². The van der Waals surface area contributed by atoms with Gasteiger partial charge in [-0.25, -0.2) is 0 Å². The van der Waals surface area contributed by atoms with E-state index in [2.05, 4.69) is 33.4 Å². The molecular weight excluding hydrogens is 438 g/mol. The monoisotopic (exact) mass is 461 g/mol. The second-order valence-electron chi connectivity index (χ2n) is 7.83. The summed E-state index contributed by atoms with van der Waals surface area (Å²) in [4.78, 5) is 4.38. The van der Waals surface area contributed by atoms with E-state index >= 15 is 0 Å². The third-order valence-electron chi connectivity index (χ3n) is 5.49. The minimum absolute atomic E-state index is 0.265. The van der Waals surface area contributed by atoms with Crippen molar-refractivity contribution in [2.45, 2.75) is 13.0 Å². The number of hydrogen-bond acceptors (Lipinski definition) is 6. The van der Waals surface area contributed by atoms with Crippen LogP contribution in [0.4, 0.5) is 5.88 Å². The number of anilines is 1. The first-order valence-corrected chi connectivity index (χ1v) is 11.3. The van der Waals surface area contributed by atoms with Crippen LogP contribution in [0.3, 0.4) is 0 Å². The molecule has 0 fully saturated rings. The third kappa shape index (κ3) is 5.23. The predicted octanol–water partition coefficient (Wildman–Crippen LogP) is 6.02. The van der Waals surface area contributed by atoms with Crippen molar-refractivity contribution in [2.75, 3.05) is 24.8 Å². The van der Waals surface area contributed by atoms with Crippen molar-refractivity contribution in [3.63, 3.8) is 0 Å². The van der Waals surface area contributed by atoms with Crippen LogP contribution in [0.15, 0.2) is 89.8 Å². The standard InChI is InChI=1S/C26H24ClN3O3/c27-22-9-7-21(8-10-22)23-17-26(33-28-23)30(15-5-14-29-12-3-1-2-4-13-29)18-20-6-11-24-25(16-20)32-19-31-24/h1-4,6-13,16-17H,5,14-15,18-19H2. The molecule has 6 nitrogen and oxygen atoms in total. The highest BCUT2D eigenvalue weighted by atomic mass is 35.5. The molecule has 2 aliphatic rings.